The first-order valence-electron chi connectivity index (χ1n) is 4.05. The van der Waals surface area contributed by atoms with Crippen LogP contribution in [0, 0.1) is 0 Å². The summed E-state index contributed by atoms with van der Waals surface area (Å²) >= 11 is 0. The minimum atomic E-state index is 0.316. The van der Waals surface area contributed by atoms with Gasteiger partial charge in [-0.15, -0.1) is 0 Å². The zero-order valence-electron chi connectivity index (χ0n) is 6.16. The van der Waals surface area contributed by atoms with Gasteiger partial charge >= 0.3 is 0 Å². The standard InChI is InChI=1S/C9H9NO/c1-2-6-7-3-4-8(11-7)9(6)10-5-1/h1-2,5,7-8H,3-4H2. The van der Waals surface area contributed by atoms with Crippen LogP contribution in [0.4, 0.5) is 0 Å². The van der Waals surface area contributed by atoms with Gasteiger partial charge in [-0.25, -0.2) is 0 Å². The molecule has 0 radical (unpaired) electrons. The molecule has 2 bridgehead atoms. The van der Waals surface area contributed by atoms with Crippen LogP contribution in [0.5, 0.6) is 0 Å². The maximum absolute atomic E-state index is 5.68. The third-order valence-electron chi connectivity index (χ3n) is 2.54. The Morgan fingerprint density at radius 2 is 2.27 bits per heavy atom. The number of rotatable bonds is 0. The number of aromatic nitrogens is 1. The van der Waals surface area contributed by atoms with Crippen LogP contribution in [0.3, 0.4) is 0 Å². The van der Waals surface area contributed by atoms with E-state index in [9.17, 15) is 0 Å². The molecule has 0 saturated carbocycles. The molecule has 0 spiro atoms. The second-order valence-electron chi connectivity index (χ2n) is 3.17. The van der Waals surface area contributed by atoms with Crippen LogP contribution in [-0.4, -0.2) is 4.98 Å². The van der Waals surface area contributed by atoms with Crippen molar-refractivity contribution in [1.29, 1.82) is 0 Å². The smallest absolute Gasteiger partial charge is 0.101 e. The Hall–Kier alpha value is -0.890. The molecule has 0 aromatic carbocycles. The summed E-state index contributed by atoms with van der Waals surface area (Å²) in [5.74, 6) is 0. The number of hydrogen-bond donors (Lipinski definition) is 0. The van der Waals surface area contributed by atoms with Gasteiger partial charge < -0.3 is 4.74 Å². The van der Waals surface area contributed by atoms with Crippen molar-refractivity contribution in [3.8, 4) is 0 Å². The molecule has 2 unspecified atom stereocenters. The summed E-state index contributed by atoms with van der Waals surface area (Å²) in [6, 6.07) is 4.12. The van der Waals surface area contributed by atoms with Crippen molar-refractivity contribution in [2.45, 2.75) is 25.0 Å². The highest BCUT2D eigenvalue weighted by molar-refractivity contribution is 5.30. The van der Waals surface area contributed by atoms with Crippen LogP contribution in [-0.2, 0) is 4.74 Å². The van der Waals surface area contributed by atoms with Gasteiger partial charge in [-0.3, -0.25) is 4.98 Å². The van der Waals surface area contributed by atoms with Gasteiger partial charge in [-0.1, -0.05) is 6.07 Å². The lowest BCUT2D eigenvalue weighted by molar-refractivity contribution is 0.0703. The van der Waals surface area contributed by atoms with E-state index in [1.54, 1.807) is 0 Å². The summed E-state index contributed by atoms with van der Waals surface area (Å²) in [5, 5.41) is 0. The highest BCUT2D eigenvalue weighted by atomic mass is 16.5. The van der Waals surface area contributed by atoms with Crippen molar-refractivity contribution in [1.82, 2.24) is 4.98 Å². The van der Waals surface area contributed by atoms with Gasteiger partial charge in [0.15, 0.2) is 0 Å². The van der Waals surface area contributed by atoms with Crippen LogP contribution < -0.4 is 0 Å². The summed E-state index contributed by atoms with van der Waals surface area (Å²) in [5.41, 5.74) is 2.51. The molecule has 56 valence electrons. The molecule has 1 aromatic rings. The van der Waals surface area contributed by atoms with Crippen molar-refractivity contribution < 1.29 is 4.74 Å². The lowest BCUT2D eigenvalue weighted by Gasteiger charge is -2.08. The van der Waals surface area contributed by atoms with Crippen LogP contribution in [0.25, 0.3) is 0 Å². The van der Waals surface area contributed by atoms with Gasteiger partial charge in [0.1, 0.15) is 6.10 Å². The Balaban J connectivity index is 2.23. The molecule has 0 aliphatic carbocycles. The molecular formula is C9H9NO. The SMILES string of the molecule is c1cnc2c(c1)C1CCC2O1. The summed E-state index contributed by atoms with van der Waals surface area (Å²) in [6.07, 6.45) is 4.88. The average Bonchev–Trinajstić information content (AvgIpc) is 2.64. The third kappa shape index (κ3) is 0.627. The van der Waals surface area contributed by atoms with Crippen molar-refractivity contribution in [3.05, 3.63) is 29.6 Å². The van der Waals surface area contributed by atoms with E-state index in [1.807, 2.05) is 12.3 Å². The number of ether oxygens (including phenoxy) is 1. The van der Waals surface area contributed by atoms with Crippen LogP contribution >= 0.6 is 0 Å². The minimum Gasteiger partial charge on any atom is -0.364 e. The van der Waals surface area contributed by atoms with E-state index in [1.165, 1.54) is 17.7 Å². The Morgan fingerprint density at radius 3 is 3.18 bits per heavy atom. The van der Waals surface area contributed by atoms with Crippen molar-refractivity contribution in [3.63, 3.8) is 0 Å². The number of hydrogen-bond acceptors (Lipinski definition) is 2. The monoisotopic (exact) mass is 147 g/mol. The maximum atomic E-state index is 5.68. The molecule has 3 heterocycles. The van der Waals surface area contributed by atoms with Crippen molar-refractivity contribution in [2.75, 3.05) is 0 Å². The molecule has 1 aromatic heterocycles. The van der Waals surface area contributed by atoms with Gasteiger partial charge in [-0.2, -0.15) is 0 Å². The number of fused-ring (bicyclic) bond motifs is 5. The molecule has 2 aliphatic rings. The van der Waals surface area contributed by atoms with E-state index < -0.39 is 0 Å². The fourth-order valence-corrected chi connectivity index (χ4v) is 2.04. The molecule has 2 atom stereocenters. The molecule has 2 heteroatoms. The summed E-state index contributed by atoms with van der Waals surface area (Å²) in [6.45, 7) is 0. The van der Waals surface area contributed by atoms with Crippen LogP contribution in [0.2, 0.25) is 0 Å². The quantitative estimate of drug-likeness (QED) is 0.559. The minimum absolute atomic E-state index is 0.316. The lowest BCUT2D eigenvalue weighted by Crippen LogP contribution is -1.99. The largest absolute Gasteiger partial charge is 0.364 e. The Morgan fingerprint density at radius 1 is 1.36 bits per heavy atom. The second-order valence-corrected chi connectivity index (χ2v) is 3.17. The van der Waals surface area contributed by atoms with E-state index in [4.69, 9.17) is 4.74 Å². The van der Waals surface area contributed by atoms with Gasteiger partial charge in [0.25, 0.3) is 0 Å². The molecule has 2 nitrogen and oxygen atoms in total. The lowest BCUT2D eigenvalue weighted by atomic mass is 9.96. The fourth-order valence-electron chi connectivity index (χ4n) is 2.04. The zero-order valence-corrected chi connectivity index (χ0v) is 6.16. The molecule has 2 aliphatic heterocycles. The first kappa shape index (κ1) is 5.72. The number of pyridine rings is 1. The van der Waals surface area contributed by atoms with Crippen LogP contribution in [0.15, 0.2) is 18.3 Å². The molecular weight excluding hydrogens is 138 g/mol. The molecule has 0 amide bonds. The van der Waals surface area contributed by atoms with E-state index in [2.05, 4.69) is 11.1 Å². The van der Waals surface area contributed by atoms with Gasteiger partial charge in [0.05, 0.1) is 11.8 Å². The van der Waals surface area contributed by atoms with E-state index in [0.717, 1.165) is 6.42 Å². The van der Waals surface area contributed by atoms with Gasteiger partial charge in [0.2, 0.25) is 0 Å². The van der Waals surface area contributed by atoms with E-state index >= 15 is 0 Å². The van der Waals surface area contributed by atoms with Gasteiger partial charge in [0, 0.05) is 11.8 Å². The third-order valence-corrected chi connectivity index (χ3v) is 2.54. The maximum Gasteiger partial charge on any atom is 0.101 e. The molecule has 1 saturated heterocycles. The molecule has 3 rings (SSSR count). The first-order chi connectivity index (χ1) is 5.45. The number of nitrogens with zero attached hydrogens (tertiary/aromatic N) is 1. The molecule has 11 heavy (non-hydrogen) atoms. The predicted octanol–water partition coefficient (Wildman–Crippen LogP) is 1.99. The Bertz CT molecular complexity index is 268. The fraction of sp³-hybridized carbons (Fsp3) is 0.444. The average molecular weight is 147 g/mol. The summed E-state index contributed by atoms with van der Waals surface area (Å²) in [7, 11) is 0. The predicted molar refractivity (Wildman–Crippen MR) is 40.0 cm³/mol. The van der Waals surface area contributed by atoms with Gasteiger partial charge in [-0.05, 0) is 18.9 Å². The summed E-state index contributed by atoms with van der Waals surface area (Å²) < 4.78 is 5.68. The zero-order chi connectivity index (χ0) is 7.26. The summed E-state index contributed by atoms with van der Waals surface area (Å²) in [4.78, 5) is 4.32. The van der Waals surface area contributed by atoms with E-state index in [-0.39, 0.29) is 0 Å². The van der Waals surface area contributed by atoms with Crippen molar-refractivity contribution in [2.24, 2.45) is 0 Å². The highest BCUT2D eigenvalue weighted by Gasteiger charge is 2.38. The highest BCUT2D eigenvalue weighted by Crippen LogP contribution is 2.49. The van der Waals surface area contributed by atoms with Crippen molar-refractivity contribution >= 4 is 0 Å². The second kappa shape index (κ2) is 1.83. The van der Waals surface area contributed by atoms with E-state index in [0.29, 0.717) is 12.2 Å². The Labute approximate surface area is 65.2 Å². The molecule has 1 fully saturated rings. The van der Waals surface area contributed by atoms with Crippen LogP contribution in [0.1, 0.15) is 36.3 Å². The Kier molecular flexibility index (Phi) is 0.950. The normalized spacial score (nSPS) is 32.4. The first-order valence-corrected chi connectivity index (χ1v) is 4.05. The topological polar surface area (TPSA) is 22.1 Å². The molecule has 0 N–H and O–H groups in total.